The van der Waals surface area contributed by atoms with Crippen LogP contribution in [-0.2, 0) is 6.42 Å². The van der Waals surface area contributed by atoms with Crippen LogP contribution in [0.15, 0.2) is 6.07 Å². The second-order valence-electron chi connectivity index (χ2n) is 6.28. The van der Waals surface area contributed by atoms with Crippen LogP contribution in [0.3, 0.4) is 0 Å². The normalized spacial score (nSPS) is 16.2. The van der Waals surface area contributed by atoms with E-state index >= 15 is 0 Å². The minimum atomic E-state index is 0.807. The molecule has 0 spiro atoms. The van der Waals surface area contributed by atoms with Crippen molar-refractivity contribution in [1.82, 2.24) is 5.32 Å². The maximum absolute atomic E-state index is 3.72. The third-order valence-electron chi connectivity index (χ3n) is 4.91. The molecule has 0 radical (unpaired) electrons. The maximum Gasteiger partial charge on any atom is 0.00670 e. The fourth-order valence-corrected chi connectivity index (χ4v) is 3.37. The average molecular weight is 259 g/mol. The van der Waals surface area contributed by atoms with E-state index in [4.69, 9.17) is 0 Å². The Kier molecular flexibility index (Phi) is 5.04. The van der Waals surface area contributed by atoms with Crippen molar-refractivity contribution in [3.05, 3.63) is 33.9 Å². The van der Waals surface area contributed by atoms with Crippen molar-refractivity contribution in [3.63, 3.8) is 0 Å². The molecule has 0 saturated heterocycles. The number of rotatable bonds is 5. The van der Waals surface area contributed by atoms with Crippen molar-refractivity contribution in [2.45, 2.75) is 72.3 Å². The lowest BCUT2D eigenvalue weighted by Gasteiger charge is -2.16. The second-order valence-corrected chi connectivity index (χ2v) is 6.28. The van der Waals surface area contributed by atoms with Gasteiger partial charge in [0.25, 0.3) is 0 Å². The van der Waals surface area contributed by atoms with Crippen molar-refractivity contribution < 1.29 is 0 Å². The van der Waals surface area contributed by atoms with Gasteiger partial charge in [-0.25, -0.2) is 0 Å². The van der Waals surface area contributed by atoms with E-state index < -0.39 is 0 Å². The topological polar surface area (TPSA) is 12.0 Å². The summed E-state index contributed by atoms with van der Waals surface area (Å²) in [7, 11) is 0. The molecule has 0 aliphatic heterocycles. The van der Waals surface area contributed by atoms with E-state index in [1.807, 2.05) is 0 Å². The summed E-state index contributed by atoms with van der Waals surface area (Å²) in [5, 5.41) is 3.72. The van der Waals surface area contributed by atoms with Gasteiger partial charge in [0.15, 0.2) is 0 Å². The number of aryl methyl sites for hydroxylation is 2. The summed E-state index contributed by atoms with van der Waals surface area (Å²) < 4.78 is 0. The van der Waals surface area contributed by atoms with Crippen LogP contribution in [0.2, 0.25) is 0 Å². The van der Waals surface area contributed by atoms with Gasteiger partial charge in [-0.2, -0.15) is 0 Å². The van der Waals surface area contributed by atoms with Crippen LogP contribution in [0.25, 0.3) is 0 Å². The largest absolute Gasteiger partial charge is 0.314 e. The molecule has 1 saturated carbocycles. The van der Waals surface area contributed by atoms with E-state index in [2.05, 4.69) is 39.1 Å². The van der Waals surface area contributed by atoms with Gasteiger partial charge in [-0.15, -0.1) is 0 Å². The minimum Gasteiger partial charge on any atom is -0.314 e. The molecule has 1 N–H and O–H groups in total. The number of hydrogen-bond acceptors (Lipinski definition) is 1. The lowest BCUT2D eigenvalue weighted by atomic mass is 9.91. The monoisotopic (exact) mass is 259 g/mol. The molecule has 0 amide bonds. The Morgan fingerprint density at radius 1 is 1.00 bits per heavy atom. The molecule has 0 bridgehead atoms. The summed E-state index contributed by atoms with van der Waals surface area (Å²) in [5.41, 5.74) is 7.49. The molecule has 19 heavy (non-hydrogen) atoms. The van der Waals surface area contributed by atoms with E-state index in [0.717, 1.165) is 6.04 Å². The quantitative estimate of drug-likeness (QED) is 0.774. The molecule has 0 atom stereocenters. The molecule has 1 nitrogen and oxygen atoms in total. The molecule has 1 aromatic rings. The number of nitrogens with one attached hydrogen (secondary N) is 1. The zero-order chi connectivity index (χ0) is 13.8. The van der Waals surface area contributed by atoms with Crippen LogP contribution < -0.4 is 5.32 Å². The Bertz CT molecular complexity index is 402. The first-order chi connectivity index (χ1) is 9.09. The summed E-state index contributed by atoms with van der Waals surface area (Å²) >= 11 is 0. The van der Waals surface area contributed by atoms with Crippen molar-refractivity contribution in [1.29, 1.82) is 0 Å². The molecule has 1 aliphatic rings. The molecule has 1 aromatic carbocycles. The van der Waals surface area contributed by atoms with Gasteiger partial charge in [-0.3, -0.25) is 0 Å². The Labute approximate surface area is 118 Å². The van der Waals surface area contributed by atoms with E-state index in [0.29, 0.717) is 0 Å². The Morgan fingerprint density at radius 3 is 2.16 bits per heavy atom. The third kappa shape index (κ3) is 3.60. The van der Waals surface area contributed by atoms with Crippen LogP contribution in [0.5, 0.6) is 0 Å². The summed E-state index contributed by atoms with van der Waals surface area (Å²) in [6.07, 6.45) is 8.12. The van der Waals surface area contributed by atoms with Gasteiger partial charge in [-0.05, 0) is 87.7 Å². The van der Waals surface area contributed by atoms with Gasteiger partial charge < -0.3 is 5.32 Å². The smallest absolute Gasteiger partial charge is 0.00670 e. The van der Waals surface area contributed by atoms with E-state index in [1.165, 1.54) is 67.3 Å². The third-order valence-corrected chi connectivity index (χ3v) is 4.91. The van der Waals surface area contributed by atoms with Crippen LogP contribution in [0.4, 0.5) is 0 Å². The molecule has 1 aliphatic carbocycles. The second kappa shape index (κ2) is 6.56. The highest BCUT2D eigenvalue weighted by Gasteiger charge is 2.13. The molecule has 2 rings (SSSR count). The van der Waals surface area contributed by atoms with Gasteiger partial charge in [0.1, 0.15) is 0 Å². The first-order valence-electron chi connectivity index (χ1n) is 7.89. The predicted molar refractivity (Wildman–Crippen MR) is 84.0 cm³/mol. The first-order valence-corrected chi connectivity index (χ1v) is 7.89. The van der Waals surface area contributed by atoms with Crippen LogP contribution in [0.1, 0.15) is 59.9 Å². The zero-order valence-electron chi connectivity index (χ0n) is 13.1. The lowest BCUT2D eigenvalue weighted by molar-refractivity contribution is 0.515. The Morgan fingerprint density at radius 2 is 1.58 bits per heavy atom. The van der Waals surface area contributed by atoms with Crippen molar-refractivity contribution in [2.24, 2.45) is 0 Å². The highest BCUT2D eigenvalue weighted by Crippen LogP contribution is 2.23. The molecule has 0 heterocycles. The van der Waals surface area contributed by atoms with Gasteiger partial charge in [0, 0.05) is 6.04 Å². The number of benzene rings is 1. The van der Waals surface area contributed by atoms with Gasteiger partial charge in [-0.1, -0.05) is 18.9 Å². The fraction of sp³-hybridized carbons (Fsp3) is 0.667. The number of hydrogen-bond donors (Lipinski definition) is 1. The predicted octanol–water partition coefficient (Wildman–Crippen LogP) is 4.39. The maximum atomic E-state index is 3.72. The standard InChI is InChI=1S/C18H29N/c1-13-12-14(2)16(4)18(15(13)3)10-7-11-19-17-8-5-6-9-17/h12,17,19H,5-11H2,1-4H3. The molecular formula is C18H29N. The van der Waals surface area contributed by atoms with Gasteiger partial charge in [0.2, 0.25) is 0 Å². The van der Waals surface area contributed by atoms with Crippen molar-refractivity contribution in [2.75, 3.05) is 6.54 Å². The van der Waals surface area contributed by atoms with Crippen LogP contribution in [0, 0.1) is 27.7 Å². The highest BCUT2D eigenvalue weighted by molar-refractivity contribution is 5.44. The van der Waals surface area contributed by atoms with Gasteiger partial charge >= 0.3 is 0 Å². The van der Waals surface area contributed by atoms with Crippen LogP contribution in [-0.4, -0.2) is 12.6 Å². The molecule has 0 unspecified atom stereocenters. The summed E-state index contributed by atoms with van der Waals surface area (Å²) in [5.74, 6) is 0. The fourth-order valence-electron chi connectivity index (χ4n) is 3.37. The Balaban J connectivity index is 1.88. The summed E-state index contributed by atoms with van der Waals surface area (Å²) in [4.78, 5) is 0. The highest BCUT2D eigenvalue weighted by atomic mass is 14.9. The first kappa shape index (κ1) is 14.6. The van der Waals surface area contributed by atoms with Crippen molar-refractivity contribution in [3.8, 4) is 0 Å². The van der Waals surface area contributed by atoms with Crippen LogP contribution >= 0.6 is 0 Å². The summed E-state index contributed by atoms with van der Waals surface area (Å²) in [6.45, 7) is 10.2. The minimum absolute atomic E-state index is 0.807. The van der Waals surface area contributed by atoms with Gasteiger partial charge in [0.05, 0.1) is 0 Å². The molecule has 106 valence electrons. The van der Waals surface area contributed by atoms with E-state index in [9.17, 15) is 0 Å². The van der Waals surface area contributed by atoms with E-state index in [1.54, 1.807) is 5.56 Å². The van der Waals surface area contributed by atoms with Crippen molar-refractivity contribution >= 4 is 0 Å². The van der Waals surface area contributed by atoms with E-state index in [-0.39, 0.29) is 0 Å². The zero-order valence-corrected chi connectivity index (χ0v) is 13.1. The molecular weight excluding hydrogens is 230 g/mol. The molecule has 1 fully saturated rings. The lowest BCUT2D eigenvalue weighted by Crippen LogP contribution is -2.27. The summed E-state index contributed by atoms with van der Waals surface area (Å²) in [6, 6.07) is 3.13. The average Bonchev–Trinajstić information content (AvgIpc) is 2.89. The molecule has 0 aromatic heterocycles. The Hall–Kier alpha value is -0.820. The SMILES string of the molecule is Cc1cc(C)c(C)c(CCCNC2CCCC2)c1C. The molecule has 1 heteroatoms.